The van der Waals surface area contributed by atoms with Crippen LogP contribution in [0.3, 0.4) is 0 Å². The van der Waals surface area contributed by atoms with Gasteiger partial charge in [-0.25, -0.2) is 9.97 Å². The molecule has 2 aromatic carbocycles. The molecule has 0 bridgehead atoms. The minimum Gasteiger partial charge on any atom is -0.494 e. The van der Waals surface area contributed by atoms with E-state index in [4.69, 9.17) is 41.4 Å². The molecule has 23 nitrogen and oxygen atoms in total. The van der Waals surface area contributed by atoms with Crippen molar-refractivity contribution in [3.05, 3.63) is 82.5 Å². The number of imidazole rings is 2. The van der Waals surface area contributed by atoms with E-state index in [1.807, 2.05) is 30.9 Å². The zero-order valence-electron chi connectivity index (χ0n) is 42.4. The minimum absolute atomic E-state index is 0.0381. The van der Waals surface area contributed by atoms with Gasteiger partial charge in [0.05, 0.1) is 55.3 Å². The Bertz CT molecular complexity index is 3100. The van der Waals surface area contributed by atoms with E-state index < -0.39 is 35.3 Å². The van der Waals surface area contributed by atoms with Crippen molar-refractivity contribution >= 4 is 63.5 Å². The molecule has 1 spiro atoms. The molecule has 8 N–H and O–H groups in total. The normalized spacial score (nSPS) is 15.1. The summed E-state index contributed by atoms with van der Waals surface area (Å²) in [6, 6.07) is 9.01. The number of primary amides is 2. The predicted octanol–water partition coefficient (Wildman–Crippen LogP) is 3.46. The Hall–Kier alpha value is -7.63. The first-order valence-electron chi connectivity index (χ1n) is 24.5. The lowest BCUT2D eigenvalue weighted by Crippen LogP contribution is -2.71. The van der Waals surface area contributed by atoms with Gasteiger partial charge in [0.25, 0.3) is 11.8 Å². The first kappa shape index (κ1) is 51.7. The second kappa shape index (κ2) is 21.6. The zero-order valence-corrected chi connectivity index (χ0v) is 42.4. The summed E-state index contributed by atoms with van der Waals surface area (Å²) in [5.41, 5.74) is 21.4. The maximum Gasteiger partial charge on any atom is 0.276 e. The van der Waals surface area contributed by atoms with Crippen LogP contribution in [0.4, 0.5) is 11.9 Å². The standard InChI is InChI=1S/C50H65N15O8/c1-8-64-37(20-30(5)58-64)45(68)56-48-54-35-22-32(43(52)66)24-39(71-7)41(35)62(48)14-10-11-15-63-42-36(55-49(63)57-46(69)38-21-31(6)59-65(38)9-2)23-33(44(53)67)25-40(42)72-17-12-13-60-26-50(27-60)28-61(16-18-73-50)47(70)34(51)19-29(3)4/h10-11,20-25,29,34H,8-9,12-19,26-28,51H2,1-7H3,(H2,52,66)(H2,53,67)(H,54,56,68)(H,55,57,69)/b11-10+. The Morgan fingerprint density at radius 2 is 1.30 bits per heavy atom. The molecule has 5 amide bonds. The number of nitrogens with one attached hydrogen (secondary N) is 2. The van der Waals surface area contributed by atoms with E-state index in [0.717, 1.165) is 0 Å². The van der Waals surface area contributed by atoms with Gasteiger partial charge in [0, 0.05) is 63.5 Å². The topological polar surface area (TPSA) is 293 Å². The van der Waals surface area contributed by atoms with Crippen LogP contribution in [0.5, 0.6) is 11.5 Å². The number of hydrogen-bond donors (Lipinski definition) is 5. The summed E-state index contributed by atoms with van der Waals surface area (Å²) in [4.78, 5) is 79.6. The average molecular weight is 1000 g/mol. The predicted molar refractivity (Wildman–Crippen MR) is 273 cm³/mol. The first-order valence-corrected chi connectivity index (χ1v) is 24.5. The Kier molecular flexibility index (Phi) is 15.3. The first-order chi connectivity index (χ1) is 34.9. The van der Waals surface area contributed by atoms with Crippen LogP contribution in [0, 0.1) is 19.8 Å². The van der Waals surface area contributed by atoms with Crippen molar-refractivity contribution in [3.63, 3.8) is 0 Å². The van der Waals surface area contributed by atoms with Crippen molar-refractivity contribution in [2.75, 3.05) is 63.7 Å². The lowest BCUT2D eigenvalue weighted by atomic mass is 9.91. The highest BCUT2D eigenvalue weighted by Gasteiger charge is 2.48. The van der Waals surface area contributed by atoms with Gasteiger partial charge >= 0.3 is 0 Å². The van der Waals surface area contributed by atoms with Gasteiger partial charge < -0.3 is 45.4 Å². The zero-order chi connectivity index (χ0) is 52.3. The molecule has 2 saturated heterocycles. The summed E-state index contributed by atoms with van der Waals surface area (Å²) in [5.74, 6) is -1.02. The van der Waals surface area contributed by atoms with E-state index in [9.17, 15) is 24.0 Å². The molecule has 8 rings (SSSR count). The van der Waals surface area contributed by atoms with Crippen LogP contribution in [0.2, 0.25) is 0 Å². The molecule has 388 valence electrons. The highest BCUT2D eigenvalue weighted by Crippen LogP contribution is 2.34. The molecule has 1 atom stereocenters. The minimum atomic E-state index is -0.687. The number of anilines is 2. The number of carbonyl (C=O) groups excluding carboxylic acids is 5. The summed E-state index contributed by atoms with van der Waals surface area (Å²) >= 11 is 0. The summed E-state index contributed by atoms with van der Waals surface area (Å²) in [5, 5.41) is 14.8. The number of benzene rings is 2. The van der Waals surface area contributed by atoms with Crippen molar-refractivity contribution in [2.24, 2.45) is 23.1 Å². The van der Waals surface area contributed by atoms with E-state index in [1.54, 1.807) is 56.6 Å². The second-order valence-corrected chi connectivity index (χ2v) is 19.0. The molecule has 4 aromatic heterocycles. The number of aromatic nitrogens is 8. The largest absolute Gasteiger partial charge is 0.494 e. The number of nitrogens with two attached hydrogens (primary N) is 3. The van der Waals surface area contributed by atoms with Crippen LogP contribution < -0.4 is 37.3 Å². The molecule has 6 aromatic rings. The number of morpholine rings is 1. The lowest BCUT2D eigenvalue weighted by molar-refractivity contribution is -0.189. The monoisotopic (exact) mass is 1000 g/mol. The SMILES string of the molecule is CCn1nc(C)cc1C(=O)Nc1nc2cc(C(N)=O)cc(OC)c2n1C/C=C/Cn1c(NC(=O)c2cc(C)nn2CC)nc2cc(C(N)=O)cc(OCCCN3CC4(C3)CN(C(=O)C(N)CC(C)C)CCO4)c21. The fraction of sp³-hybridized carbons (Fsp3) is 0.460. The van der Waals surface area contributed by atoms with Crippen LogP contribution in [-0.2, 0) is 35.7 Å². The molecule has 2 aliphatic heterocycles. The molecule has 0 aliphatic carbocycles. The molecule has 73 heavy (non-hydrogen) atoms. The van der Waals surface area contributed by atoms with Gasteiger partial charge in [-0.2, -0.15) is 10.2 Å². The summed E-state index contributed by atoms with van der Waals surface area (Å²) in [7, 11) is 1.46. The number of fused-ring (bicyclic) bond motifs is 2. The molecule has 2 aliphatic rings. The van der Waals surface area contributed by atoms with Crippen LogP contribution in [-0.4, -0.2) is 143 Å². The number of ether oxygens (including phenoxy) is 3. The number of hydrogen-bond acceptors (Lipinski definition) is 14. The van der Waals surface area contributed by atoms with Crippen molar-refractivity contribution in [3.8, 4) is 11.5 Å². The van der Waals surface area contributed by atoms with Gasteiger partial charge in [-0.05, 0) is 82.9 Å². The summed E-state index contributed by atoms with van der Waals surface area (Å²) in [6.07, 6.45) is 4.93. The summed E-state index contributed by atoms with van der Waals surface area (Å²) < 4.78 is 25.1. The van der Waals surface area contributed by atoms with Crippen molar-refractivity contribution in [2.45, 2.75) is 92.2 Å². The lowest BCUT2D eigenvalue weighted by Gasteiger charge is -2.54. The molecule has 0 saturated carbocycles. The third kappa shape index (κ3) is 11.1. The maximum atomic E-state index is 14.0. The average Bonchev–Trinajstić information content (AvgIpc) is 4.12. The Morgan fingerprint density at radius 1 is 0.781 bits per heavy atom. The van der Waals surface area contributed by atoms with Crippen molar-refractivity contribution in [1.82, 2.24) is 48.5 Å². The number of likely N-dealkylation sites (tertiary alicyclic amines) is 1. The third-order valence-electron chi connectivity index (χ3n) is 13.0. The van der Waals surface area contributed by atoms with Crippen molar-refractivity contribution < 1.29 is 38.2 Å². The number of amides is 5. The number of methoxy groups -OCH3 is 1. The summed E-state index contributed by atoms with van der Waals surface area (Å²) in [6.45, 7) is 16.4. The van der Waals surface area contributed by atoms with Crippen molar-refractivity contribution in [1.29, 1.82) is 0 Å². The van der Waals surface area contributed by atoms with Crippen LogP contribution in [0.15, 0.2) is 48.6 Å². The van der Waals surface area contributed by atoms with Crippen LogP contribution >= 0.6 is 0 Å². The molecule has 6 heterocycles. The number of aryl methyl sites for hydroxylation is 4. The Morgan fingerprint density at radius 3 is 1.79 bits per heavy atom. The van der Waals surface area contributed by atoms with E-state index >= 15 is 0 Å². The highest BCUT2D eigenvalue weighted by atomic mass is 16.5. The quantitative estimate of drug-likeness (QED) is 0.0510. The molecule has 23 heteroatoms. The fourth-order valence-corrected chi connectivity index (χ4v) is 9.65. The molecular formula is C50H65N15O8. The molecule has 1 unspecified atom stereocenters. The number of allylic oxidation sites excluding steroid dienone is 2. The van der Waals surface area contributed by atoms with Gasteiger partial charge in [-0.15, -0.1) is 0 Å². The Labute approximate surface area is 421 Å². The second-order valence-electron chi connectivity index (χ2n) is 19.0. The van der Waals surface area contributed by atoms with Gasteiger partial charge in [-0.3, -0.25) is 48.9 Å². The van der Waals surface area contributed by atoms with Gasteiger partial charge in [0.2, 0.25) is 29.6 Å². The van der Waals surface area contributed by atoms with E-state index in [2.05, 4.69) is 39.6 Å². The molecule has 2 fully saturated rings. The number of carbonyl (C=O) groups is 5. The fourth-order valence-electron chi connectivity index (χ4n) is 9.65. The van der Waals surface area contributed by atoms with E-state index in [-0.39, 0.29) is 48.6 Å². The molecular weight excluding hydrogens is 939 g/mol. The smallest absolute Gasteiger partial charge is 0.276 e. The number of nitrogens with zero attached hydrogens (tertiary/aromatic N) is 10. The van der Waals surface area contributed by atoms with Crippen LogP contribution in [0.1, 0.15) is 93.6 Å². The van der Waals surface area contributed by atoms with Gasteiger partial charge in [0.15, 0.2) is 0 Å². The molecule has 0 radical (unpaired) electrons. The maximum absolute atomic E-state index is 14.0. The Balaban J connectivity index is 1.06. The van der Waals surface area contributed by atoms with E-state index in [0.29, 0.717) is 128 Å². The van der Waals surface area contributed by atoms with Gasteiger partial charge in [0.1, 0.15) is 39.5 Å². The van der Waals surface area contributed by atoms with Gasteiger partial charge in [-0.1, -0.05) is 26.0 Å². The third-order valence-corrected chi connectivity index (χ3v) is 13.0. The van der Waals surface area contributed by atoms with E-state index in [1.165, 1.54) is 19.2 Å². The number of rotatable bonds is 21. The van der Waals surface area contributed by atoms with Crippen LogP contribution in [0.25, 0.3) is 22.1 Å². The highest BCUT2D eigenvalue weighted by molar-refractivity contribution is 6.05.